The van der Waals surface area contributed by atoms with Gasteiger partial charge < -0.3 is 60.5 Å². The van der Waals surface area contributed by atoms with Gasteiger partial charge in [0.25, 0.3) is 0 Å². The molecule has 9 unspecified atom stereocenters. The molecule has 0 radical (unpaired) electrons. The molecule has 1 saturated heterocycles. The maximum Gasteiger partial charge on any atom is 0.229 e. The number of benzene rings is 2. The summed E-state index contributed by atoms with van der Waals surface area (Å²) < 4.78 is 17.4. The van der Waals surface area contributed by atoms with Gasteiger partial charge in [0.05, 0.1) is 37.4 Å². The number of carbonyl (C=O) groups excluding carboxylic acids is 2. The zero-order valence-corrected chi connectivity index (χ0v) is 25.9. The zero-order valence-electron chi connectivity index (χ0n) is 24.2. The van der Waals surface area contributed by atoms with Crippen molar-refractivity contribution in [1.29, 1.82) is 0 Å². The summed E-state index contributed by atoms with van der Waals surface area (Å²) in [5.41, 5.74) is 6.58. The first-order chi connectivity index (χ1) is 21.0. The van der Waals surface area contributed by atoms with Crippen molar-refractivity contribution in [2.24, 2.45) is 17.6 Å². The Hall–Kier alpha value is -2.18. The molecule has 2 aliphatic heterocycles. The lowest BCUT2D eigenvalue weighted by Gasteiger charge is -2.44. The molecule has 0 aromatic heterocycles. The van der Waals surface area contributed by atoms with Crippen LogP contribution in [0.15, 0.2) is 12.1 Å². The second kappa shape index (κ2) is 14.9. The minimum atomic E-state index is -1.84. The van der Waals surface area contributed by atoms with E-state index >= 15 is 0 Å². The van der Waals surface area contributed by atoms with Crippen LogP contribution < -0.4 is 15.2 Å². The number of Topliss-reactive ketones (excluding diaryl/α,β-unsaturated/α-hetero) is 1. The highest BCUT2D eigenvalue weighted by atomic mass is 33.1. The quantitative estimate of drug-likeness (QED) is 0.145. The van der Waals surface area contributed by atoms with Crippen LogP contribution in [0.5, 0.6) is 17.2 Å². The number of phenolic OH excluding ortho intramolecular Hbond substituents is 1. The minimum absolute atomic E-state index is 0.00368. The number of aryl methyl sites for hydroxylation is 1. The maximum absolute atomic E-state index is 13.6. The van der Waals surface area contributed by atoms with Gasteiger partial charge in [0.2, 0.25) is 6.29 Å². The molecular weight excluding hydrogens is 618 g/mol. The van der Waals surface area contributed by atoms with Crippen LogP contribution in [-0.2, 0) is 16.1 Å². The minimum Gasteiger partial charge on any atom is -0.506 e. The Kier molecular flexibility index (Phi) is 11.8. The van der Waals surface area contributed by atoms with E-state index in [9.17, 15) is 45.3 Å². The van der Waals surface area contributed by atoms with E-state index in [1.165, 1.54) is 34.8 Å². The number of phenols is 1. The topological polar surface area (TPSA) is 229 Å². The van der Waals surface area contributed by atoms with Gasteiger partial charge in [0, 0.05) is 41.4 Å². The van der Waals surface area contributed by atoms with E-state index in [2.05, 4.69) is 0 Å². The lowest BCUT2D eigenvalue weighted by atomic mass is 9.81. The standard InChI is InChI=1S/C29H39NO12S2/c1-12-5-15-16(10-33)19(40-2)7-20-22(15)24(36)21(12)18(34)6-14(9-32)44-43-11-17(13(8-30)3-4-31)23(35)28-26(38)25(37)27(39)29(41-20)42-28/h4-5,7,13-14,17,23,25-29,32-33,35-39H,3,6,8-11,30H2,1-2H3. The average Bonchev–Trinajstić information content (AvgIpc) is 3.00. The van der Waals surface area contributed by atoms with E-state index in [-0.39, 0.29) is 65.1 Å². The molecule has 0 spiro atoms. The van der Waals surface area contributed by atoms with Crippen LogP contribution in [0.4, 0.5) is 0 Å². The smallest absolute Gasteiger partial charge is 0.229 e. The largest absolute Gasteiger partial charge is 0.506 e. The first kappa shape index (κ1) is 34.7. The molecule has 2 aromatic rings. The van der Waals surface area contributed by atoms with Crippen molar-refractivity contribution >= 4 is 44.4 Å². The fourth-order valence-corrected chi connectivity index (χ4v) is 8.69. The third kappa shape index (κ3) is 6.67. The van der Waals surface area contributed by atoms with Gasteiger partial charge in [-0.05, 0) is 36.4 Å². The van der Waals surface area contributed by atoms with Gasteiger partial charge >= 0.3 is 0 Å². The molecule has 0 saturated carbocycles. The number of ether oxygens (including phenoxy) is 3. The first-order valence-corrected chi connectivity index (χ1v) is 16.5. The Morgan fingerprint density at radius 2 is 1.86 bits per heavy atom. The van der Waals surface area contributed by atoms with Crippen LogP contribution in [0.25, 0.3) is 10.8 Å². The highest BCUT2D eigenvalue weighted by Crippen LogP contribution is 2.46. The third-order valence-electron chi connectivity index (χ3n) is 8.30. The van der Waals surface area contributed by atoms with Crippen LogP contribution in [0.2, 0.25) is 0 Å². The molecule has 0 amide bonds. The van der Waals surface area contributed by atoms with Gasteiger partial charge in [-0.1, -0.05) is 21.6 Å². The van der Waals surface area contributed by atoms with E-state index in [4.69, 9.17) is 19.9 Å². The normalized spacial score (nSPS) is 30.6. The molecule has 4 bridgehead atoms. The van der Waals surface area contributed by atoms with Gasteiger partial charge in [-0.3, -0.25) is 4.79 Å². The molecule has 2 aromatic carbocycles. The molecule has 15 heteroatoms. The van der Waals surface area contributed by atoms with E-state index in [1.807, 2.05) is 0 Å². The molecule has 9 N–H and O–H groups in total. The van der Waals surface area contributed by atoms with E-state index in [0.717, 1.165) is 0 Å². The molecule has 4 rings (SSSR count). The van der Waals surface area contributed by atoms with Crippen LogP contribution in [-0.4, -0.2) is 116 Å². The summed E-state index contributed by atoms with van der Waals surface area (Å²) in [5, 5.41) is 75.6. The van der Waals surface area contributed by atoms with E-state index < -0.39 is 72.0 Å². The molecule has 2 aliphatic rings. The molecule has 9 atom stereocenters. The number of nitrogens with two attached hydrogens (primary N) is 1. The van der Waals surface area contributed by atoms with E-state index in [0.29, 0.717) is 11.8 Å². The summed E-state index contributed by atoms with van der Waals surface area (Å²) in [6.07, 6.45) is -9.64. The van der Waals surface area contributed by atoms with Crippen LogP contribution >= 0.6 is 21.6 Å². The van der Waals surface area contributed by atoms with Gasteiger partial charge in [0.15, 0.2) is 5.78 Å². The molecule has 244 valence electrons. The molecule has 2 heterocycles. The number of methoxy groups -OCH3 is 1. The van der Waals surface area contributed by atoms with Crippen LogP contribution in [0.1, 0.15) is 34.3 Å². The second-order valence-electron chi connectivity index (χ2n) is 11.0. The summed E-state index contributed by atoms with van der Waals surface area (Å²) in [7, 11) is 3.75. The first-order valence-electron chi connectivity index (χ1n) is 14.1. The van der Waals surface area contributed by atoms with Gasteiger partial charge in [0.1, 0.15) is 48.0 Å². The number of ketones is 1. The van der Waals surface area contributed by atoms with Gasteiger partial charge in [-0.25, -0.2) is 0 Å². The molecular formula is C29H39NO12S2. The Morgan fingerprint density at radius 3 is 2.48 bits per heavy atom. The summed E-state index contributed by atoms with van der Waals surface area (Å²) in [4.78, 5) is 25.0. The molecule has 13 nitrogen and oxygen atoms in total. The SMILES string of the molecule is COc1cc2c3c(O)c(c(C)cc3c1CO)C(=O)CC(CO)SSCC(C(CN)CC=O)C(O)C1OC(O2)C(O)C(O)C1O. The summed E-state index contributed by atoms with van der Waals surface area (Å²) in [5.74, 6) is -2.10. The Balaban J connectivity index is 1.93. The van der Waals surface area contributed by atoms with Crippen LogP contribution in [0.3, 0.4) is 0 Å². The summed E-state index contributed by atoms with van der Waals surface area (Å²) >= 11 is 0. The second-order valence-corrected chi connectivity index (χ2v) is 13.7. The van der Waals surface area contributed by atoms with E-state index in [1.54, 1.807) is 13.0 Å². The fraction of sp³-hybridized carbons (Fsp3) is 0.586. The maximum atomic E-state index is 13.6. The lowest BCUT2D eigenvalue weighted by molar-refractivity contribution is -0.292. The molecule has 1 fully saturated rings. The fourth-order valence-electron chi connectivity index (χ4n) is 5.85. The lowest BCUT2D eigenvalue weighted by Crippen LogP contribution is -2.63. The van der Waals surface area contributed by atoms with Gasteiger partial charge in [-0.2, -0.15) is 0 Å². The monoisotopic (exact) mass is 657 g/mol. The van der Waals surface area contributed by atoms with Gasteiger partial charge in [-0.15, -0.1) is 0 Å². The number of hydrogen-bond donors (Lipinski definition) is 8. The number of aliphatic hydroxyl groups excluding tert-OH is 6. The van der Waals surface area contributed by atoms with Crippen molar-refractivity contribution in [2.75, 3.05) is 26.0 Å². The number of aromatic hydroxyl groups is 1. The van der Waals surface area contributed by atoms with Crippen molar-refractivity contribution in [3.05, 3.63) is 28.8 Å². The number of fused-ring (bicyclic) bond motifs is 3. The Bertz CT molecular complexity index is 1350. The molecule has 0 aliphatic carbocycles. The summed E-state index contributed by atoms with van der Waals surface area (Å²) in [6.45, 7) is 0.738. The number of rotatable bonds is 7. The number of hydrogen-bond acceptors (Lipinski definition) is 15. The average molecular weight is 658 g/mol. The van der Waals surface area contributed by atoms with Crippen LogP contribution in [0, 0.1) is 18.8 Å². The Morgan fingerprint density at radius 1 is 1.14 bits per heavy atom. The van der Waals surface area contributed by atoms with Crippen molar-refractivity contribution in [2.45, 2.75) is 68.4 Å². The number of aliphatic hydroxyl groups is 6. The van der Waals surface area contributed by atoms with Crippen molar-refractivity contribution in [1.82, 2.24) is 0 Å². The summed E-state index contributed by atoms with van der Waals surface area (Å²) in [6, 6.07) is 2.90. The Labute approximate surface area is 261 Å². The predicted molar refractivity (Wildman–Crippen MR) is 163 cm³/mol. The zero-order chi connectivity index (χ0) is 32.3. The number of aldehydes is 1. The third-order valence-corrected chi connectivity index (χ3v) is 11.2. The predicted octanol–water partition coefficient (Wildman–Crippen LogP) is 0.0108. The highest BCUT2D eigenvalue weighted by molar-refractivity contribution is 8.76. The van der Waals surface area contributed by atoms with Crippen molar-refractivity contribution < 1.29 is 59.5 Å². The number of carbonyl (C=O) groups is 2. The molecule has 44 heavy (non-hydrogen) atoms. The van der Waals surface area contributed by atoms with Crippen molar-refractivity contribution in [3.8, 4) is 17.2 Å². The highest BCUT2D eigenvalue weighted by Gasteiger charge is 2.50. The van der Waals surface area contributed by atoms with Crippen molar-refractivity contribution in [3.63, 3.8) is 0 Å².